The van der Waals surface area contributed by atoms with Gasteiger partial charge in [-0.3, -0.25) is 4.79 Å². The lowest BCUT2D eigenvalue weighted by molar-refractivity contribution is -0.125. The lowest BCUT2D eigenvalue weighted by atomic mass is 9.96. The number of carbonyl (C=O) groups is 1. The van der Waals surface area contributed by atoms with Crippen LogP contribution in [0.15, 0.2) is 42.6 Å². The minimum absolute atomic E-state index is 0.0981. The minimum Gasteiger partial charge on any atom is -0.397 e. The van der Waals surface area contributed by atoms with Crippen LogP contribution in [0.3, 0.4) is 0 Å². The molecule has 1 amide bonds. The van der Waals surface area contributed by atoms with E-state index in [-0.39, 0.29) is 11.8 Å². The number of nitrogen functional groups attached to an aromatic ring is 1. The normalized spacial score (nSPS) is 17.0. The van der Waals surface area contributed by atoms with Crippen LogP contribution >= 0.6 is 0 Å². The lowest BCUT2D eigenvalue weighted by Crippen LogP contribution is -2.42. The number of rotatable bonds is 5. The molecule has 6 heteroatoms. The summed E-state index contributed by atoms with van der Waals surface area (Å²) in [5, 5.41) is 3.14. The summed E-state index contributed by atoms with van der Waals surface area (Å²) in [6.07, 6.45) is 4.52. The Morgan fingerprint density at radius 2 is 1.96 bits per heavy atom. The quantitative estimate of drug-likeness (QED) is 0.848. The van der Waals surface area contributed by atoms with Gasteiger partial charge in [0.25, 0.3) is 0 Å². The molecule has 0 atom stereocenters. The fraction of sp³-hybridized carbons (Fsp3) is 0.429. The number of piperidine rings is 1. The molecule has 0 radical (unpaired) electrons. The van der Waals surface area contributed by atoms with Crippen LogP contribution in [0.4, 0.5) is 17.2 Å². The van der Waals surface area contributed by atoms with E-state index in [1.54, 1.807) is 6.20 Å². The maximum Gasteiger partial charge on any atom is 0.223 e. The number of aromatic nitrogens is 1. The fourth-order valence-electron chi connectivity index (χ4n) is 4.05. The topological polar surface area (TPSA) is 74.5 Å². The van der Waals surface area contributed by atoms with Gasteiger partial charge in [-0.05, 0) is 43.0 Å². The van der Waals surface area contributed by atoms with E-state index in [1.807, 2.05) is 12.1 Å². The first-order chi connectivity index (χ1) is 13.2. The van der Waals surface area contributed by atoms with Crippen molar-refractivity contribution in [3.05, 3.63) is 48.2 Å². The smallest absolute Gasteiger partial charge is 0.223 e. The van der Waals surface area contributed by atoms with Crippen molar-refractivity contribution in [2.45, 2.75) is 19.3 Å². The molecule has 0 bridgehead atoms. The molecule has 0 spiro atoms. The Balaban J connectivity index is 1.22. The van der Waals surface area contributed by atoms with Crippen LogP contribution in [0, 0.1) is 5.92 Å². The van der Waals surface area contributed by atoms with Gasteiger partial charge in [-0.15, -0.1) is 0 Å². The lowest BCUT2D eigenvalue weighted by Gasteiger charge is -2.32. The van der Waals surface area contributed by atoms with Crippen molar-refractivity contribution in [1.82, 2.24) is 10.3 Å². The van der Waals surface area contributed by atoms with Gasteiger partial charge in [-0.1, -0.05) is 18.2 Å². The van der Waals surface area contributed by atoms with Crippen LogP contribution in [-0.2, 0) is 11.2 Å². The Bertz CT molecular complexity index is 783. The van der Waals surface area contributed by atoms with Crippen LogP contribution in [0.5, 0.6) is 0 Å². The van der Waals surface area contributed by atoms with Crippen molar-refractivity contribution in [2.24, 2.45) is 5.92 Å². The van der Waals surface area contributed by atoms with Gasteiger partial charge in [-0.2, -0.15) is 0 Å². The van der Waals surface area contributed by atoms with Gasteiger partial charge in [0.05, 0.1) is 11.9 Å². The number of benzene rings is 1. The molecule has 2 aliphatic heterocycles. The number of nitrogens with two attached hydrogens (primary N) is 1. The summed E-state index contributed by atoms with van der Waals surface area (Å²) in [6.45, 7) is 4.33. The second-order valence-corrected chi connectivity index (χ2v) is 7.37. The Kier molecular flexibility index (Phi) is 5.14. The summed E-state index contributed by atoms with van der Waals surface area (Å²) in [7, 11) is 0. The van der Waals surface area contributed by atoms with Crippen molar-refractivity contribution >= 4 is 23.1 Å². The number of amides is 1. The van der Waals surface area contributed by atoms with Crippen molar-refractivity contribution in [3.8, 4) is 0 Å². The zero-order chi connectivity index (χ0) is 18.6. The highest BCUT2D eigenvalue weighted by Crippen LogP contribution is 2.27. The second kappa shape index (κ2) is 7.86. The number of para-hydroxylation sites is 1. The van der Waals surface area contributed by atoms with Gasteiger partial charge in [-0.25, -0.2) is 4.98 Å². The number of nitrogens with one attached hydrogen (secondary N) is 1. The number of fused-ring (bicyclic) bond motifs is 1. The Morgan fingerprint density at radius 3 is 2.74 bits per heavy atom. The van der Waals surface area contributed by atoms with E-state index in [9.17, 15) is 4.79 Å². The molecule has 142 valence electrons. The number of hydrogen-bond donors (Lipinski definition) is 2. The van der Waals surface area contributed by atoms with Gasteiger partial charge in [0.1, 0.15) is 5.82 Å². The molecule has 0 saturated carbocycles. The van der Waals surface area contributed by atoms with Gasteiger partial charge >= 0.3 is 0 Å². The molecule has 27 heavy (non-hydrogen) atoms. The number of nitrogens with zero attached hydrogens (tertiary/aromatic N) is 3. The van der Waals surface area contributed by atoms with Crippen molar-refractivity contribution in [3.63, 3.8) is 0 Å². The van der Waals surface area contributed by atoms with E-state index in [0.717, 1.165) is 51.3 Å². The van der Waals surface area contributed by atoms with E-state index in [1.165, 1.54) is 11.3 Å². The first-order valence-electron chi connectivity index (χ1n) is 9.78. The van der Waals surface area contributed by atoms with Crippen LogP contribution in [-0.4, -0.2) is 43.6 Å². The molecular weight excluding hydrogens is 338 g/mol. The van der Waals surface area contributed by atoms with E-state index in [0.29, 0.717) is 12.2 Å². The molecular formula is C21H27N5O. The summed E-state index contributed by atoms with van der Waals surface area (Å²) in [5.74, 6) is 1.23. The third-order valence-corrected chi connectivity index (χ3v) is 5.62. The average Bonchev–Trinajstić information content (AvgIpc) is 3.12. The number of pyridine rings is 1. The average molecular weight is 365 g/mol. The first kappa shape index (κ1) is 17.6. The van der Waals surface area contributed by atoms with Crippen LogP contribution < -0.4 is 20.9 Å². The zero-order valence-corrected chi connectivity index (χ0v) is 15.6. The Morgan fingerprint density at radius 1 is 1.15 bits per heavy atom. The minimum atomic E-state index is 0.0981. The van der Waals surface area contributed by atoms with Crippen LogP contribution in [0.1, 0.15) is 18.4 Å². The molecule has 4 rings (SSSR count). The molecule has 1 saturated heterocycles. The molecule has 3 heterocycles. The molecule has 3 N–H and O–H groups in total. The molecule has 6 nitrogen and oxygen atoms in total. The van der Waals surface area contributed by atoms with E-state index in [4.69, 9.17) is 5.73 Å². The molecule has 2 aliphatic rings. The molecule has 1 aromatic heterocycles. The summed E-state index contributed by atoms with van der Waals surface area (Å²) in [4.78, 5) is 21.5. The summed E-state index contributed by atoms with van der Waals surface area (Å²) in [5.41, 5.74) is 9.10. The summed E-state index contributed by atoms with van der Waals surface area (Å²) < 4.78 is 0. The Hall–Kier alpha value is -2.76. The maximum absolute atomic E-state index is 12.5. The SMILES string of the molecule is Nc1ccc(N2CCC(C(=O)NCCN3CCc4ccccc43)CC2)nc1. The van der Waals surface area contributed by atoms with Crippen molar-refractivity contribution in [2.75, 3.05) is 48.3 Å². The van der Waals surface area contributed by atoms with E-state index < -0.39 is 0 Å². The maximum atomic E-state index is 12.5. The highest BCUT2D eigenvalue weighted by atomic mass is 16.1. The highest BCUT2D eigenvalue weighted by molar-refractivity contribution is 5.79. The predicted octanol–water partition coefficient (Wildman–Crippen LogP) is 2.06. The molecule has 2 aromatic rings. The molecule has 1 aromatic carbocycles. The highest BCUT2D eigenvalue weighted by Gasteiger charge is 2.25. The number of anilines is 3. The molecule has 1 fully saturated rings. The summed E-state index contributed by atoms with van der Waals surface area (Å²) in [6, 6.07) is 12.4. The summed E-state index contributed by atoms with van der Waals surface area (Å²) >= 11 is 0. The second-order valence-electron chi connectivity index (χ2n) is 7.37. The number of carbonyl (C=O) groups excluding carboxylic acids is 1. The largest absolute Gasteiger partial charge is 0.397 e. The van der Waals surface area contributed by atoms with E-state index in [2.05, 4.69) is 44.4 Å². The van der Waals surface area contributed by atoms with Crippen molar-refractivity contribution in [1.29, 1.82) is 0 Å². The number of hydrogen-bond acceptors (Lipinski definition) is 5. The molecule has 0 unspecified atom stereocenters. The molecule has 0 aliphatic carbocycles. The fourth-order valence-corrected chi connectivity index (χ4v) is 4.05. The van der Waals surface area contributed by atoms with Crippen LogP contribution in [0.25, 0.3) is 0 Å². The van der Waals surface area contributed by atoms with E-state index >= 15 is 0 Å². The van der Waals surface area contributed by atoms with Gasteiger partial charge in [0.15, 0.2) is 0 Å². The van der Waals surface area contributed by atoms with Gasteiger partial charge in [0.2, 0.25) is 5.91 Å². The van der Waals surface area contributed by atoms with Crippen LogP contribution in [0.2, 0.25) is 0 Å². The third-order valence-electron chi connectivity index (χ3n) is 5.62. The monoisotopic (exact) mass is 365 g/mol. The first-order valence-corrected chi connectivity index (χ1v) is 9.78. The van der Waals surface area contributed by atoms with Gasteiger partial charge in [0, 0.05) is 44.3 Å². The standard InChI is InChI=1S/C21H27N5O/c22-18-5-6-20(24-15-18)26-12-8-17(9-13-26)21(27)23-10-14-25-11-7-16-3-1-2-4-19(16)25/h1-6,15,17H,7-14,22H2,(H,23,27). The predicted molar refractivity (Wildman–Crippen MR) is 109 cm³/mol. The van der Waals surface area contributed by atoms with Crippen molar-refractivity contribution < 1.29 is 4.79 Å². The Labute approximate surface area is 160 Å². The van der Waals surface area contributed by atoms with Gasteiger partial charge < -0.3 is 20.9 Å². The zero-order valence-electron chi connectivity index (χ0n) is 15.6. The third kappa shape index (κ3) is 3.99.